The van der Waals surface area contributed by atoms with E-state index in [1.807, 2.05) is 6.07 Å². The van der Waals surface area contributed by atoms with Crippen LogP contribution in [0.25, 0.3) is 0 Å². The lowest BCUT2D eigenvalue weighted by Crippen LogP contribution is -2.25. The molecule has 1 aliphatic rings. The highest BCUT2D eigenvalue weighted by molar-refractivity contribution is 6.33. The Labute approximate surface area is 112 Å². The monoisotopic (exact) mass is 268 g/mol. The Kier molecular flexibility index (Phi) is 4.31. The lowest BCUT2D eigenvalue weighted by molar-refractivity contribution is -0.118. The largest absolute Gasteiger partial charge is 0.482 e. The van der Waals surface area contributed by atoms with Gasteiger partial charge in [-0.3, -0.25) is 4.79 Å². The molecule has 4 nitrogen and oxygen atoms in total. The van der Waals surface area contributed by atoms with Crippen LogP contribution in [0.4, 0.5) is 11.4 Å². The molecule has 0 bridgehead atoms. The number of anilines is 2. The predicted octanol–water partition coefficient (Wildman–Crippen LogP) is 3.27. The van der Waals surface area contributed by atoms with Crippen LogP contribution in [0, 0.1) is 0 Å². The number of unbranched alkanes of at least 4 members (excludes halogenated alkanes) is 2. The zero-order valence-electron chi connectivity index (χ0n) is 10.4. The molecule has 0 fully saturated rings. The quantitative estimate of drug-likeness (QED) is 0.806. The first-order valence-electron chi connectivity index (χ1n) is 6.20. The molecule has 98 valence electrons. The number of nitrogens with one attached hydrogen (secondary N) is 2. The van der Waals surface area contributed by atoms with Gasteiger partial charge in [0, 0.05) is 12.6 Å². The Morgan fingerprint density at radius 2 is 2.28 bits per heavy atom. The number of rotatable bonds is 5. The molecule has 0 saturated carbocycles. The van der Waals surface area contributed by atoms with Crippen LogP contribution in [-0.4, -0.2) is 19.1 Å². The number of benzene rings is 1. The van der Waals surface area contributed by atoms with Crippen LogP contribution < -0.4 is 15.4 Å². The normalized spacial score (nSPS) is 13.6. The van der Waals surface area contributed by atoms with Crippen LogP contribution in [0.15, 0.2) is 12.1 Å². The number of carbonyl (C=O) groups is 1. The van der Waals surface area contributed by atoms with Gasteiger partial charge in [-0.25, -0.2) is 0 Å². The Morgan fingerprint density at radius 3 is 3.06 bits per heavy atom. The average molecular weight is 269 g/mol. The number of hydrogen-bond donors (Lipinski definition) is 2. The standard InChI is InChI=1S/C13H17ClN2O2/c1-2-3-4-5-15-10-7-12-11(6-9(10)14)16-13(17)8-18-12/h6-7,15H,2-5,8H2,1H3,(H,16,17). The molecule has 2 N–H and O–H groups in total. The van der Waals surface area contributed by atoms with Gasteiger partial charge in [-0.1, -0.05) is 31.4 Å². The molecule has 1 heterocycles. The van der Waals surface area contributed by atoms with Gasteiger partial charge < -0.3 is 15.4 Å². The van der Waals surface area contributed by atoms with Gasteiger partial charge in [0.05, 0.1) is 16.4 Å². The van der Waals surface area contributed by atoms with Crippen molar-refractivity contribution in [1.82, 2.24) is 0 Å². The Morgan fingerprint density at radius 1 is 1.44 bits per heavy atom. The number of carbonyl (C=O) groups excluding carboxylic acids is 1. The van der Waals surface area contributed by atoms with Crippen LogP contribution in [0.3, 0.4) is 0 Å². The van der Waals surface area contributed by atoms with E-state index in [4.69, 9.17) is 16.3 Å². The minimum absolute atomic E-state index is 0.0594. The van der Waals surface area contributed by atoms with Crippen LogP contribution in [0.1, 0.15) is 26.2 Å². The highest BCUT2D eigenvalue weighted by Crippen LogP contribution is 2.36. The van der Waals surface area contributed by atoms with E-state index < -0.39 is 0 Å². The lowest BCUT2D eigenvalue weighted by atomic mass is 10.2. The smallest absolute Gasteiger partial charge is 0.262 e. The van der Waals surface area contributed by atoms with E-state index in [2.05, 4.69) is 17.6 Å². The summed E-state index contributed by atoms with van der Waals surface area (Å²) in [6.45, 7) is 3.12. The fourth-order valence-corrected chi connectivity index (χ4v) is 2.06. The molecular weight excluding hydrogens is 252 g/mol. The summed E-state index contributed by atoms with van der Waals surface area (Å²) in [5.74, 6) is 0.513. The zero-order chi connectivity index (χ0) is 13.0. The summed E-state index contributed by atoms with van der Waals surface area (Å²) in [5, 5.41) is 6.61. The van der Waals surface area contributed by atoms with E-state index in [1.165, 1.54) is 12.8 Å². The van der Waals surface area contributed by atoms with Gasteiger partial charge in [0.25, 0.3) is 5.91 Å². The highest BCUT2D eigenvalue weighted by atomic mass is 35.5. The van der Waals surface area contributed by atoms with Crippen molar-refractivity contribution in [1.29, 1.82) is 0 Å². The fraction of sp³-hybridized carbons (Fsp3) is 0.462. The van der Waals surface area contributed by atoms with E-state index in [9.17, 15) is 4.79 Å². The van der Waals surface area contributed by atoms with Gasteiger partial charge in [0.1, 0.15) is 5.75 Å². The van der Waals surface area contributed by atoms with Gasteiger partial charge in [-0.2, -0.15) is 0 Å². The maximum atomic E-state index is 11.2. The van der Waals surface area contributed by atoms with Crippen LogP contribution in [-0.2, 0) is 4.79 Å². The lowest BCUT2D eigenvalue weighted by Gasteiger charge is -2.20. The topological polar surface area (TPSA) is 50.4 Å². The third kappa shape index (κ3) is 3.07. The molecule has 0 radical (unpaired) electrons. The molecule has 1 aliphatic heterocycles. The number of amides is 1. The van der Waals surface area contributed by atoms with Gasteiger partial charge in [0.15, 0.2) is 6.61 Å². The van der Waals surface area contributed by atoms with Crippen molar-refractivity contribution in [3.05, 3.63) is 17.2 Å². The summed E-state index contributed by atoms with van der Waals surface area (Å²) in [7, 11) is 0. The summed E-state index contributed by atoms with van der Waals surface area (Å²) in [6.07, 6.45) is 3.50. The average Bonchev–Trinajstić information content (AvgIpc) is 2.35. The number of hydrogen-bond acceptors (Lipinski definition) is 3. The molecule has 5 heteroatoms. The van der Waals surface area contributed by atoms with Gasteiger partial charge >= 0.3 is 0 Å². The van der Waals surface area contributed by atoms with Crippen molar-refractivity contribution in [2.45, 2.75) is 26.2 Å². The van der Waals surface area contributed by atoms with E-state index in [-0.39, 0.29) is 12.5 Å². The number of fused-ring (bicyclic) bond motifs is 1. The number of ether oxygens (including phenoxy) is 1. The minimum atomic E-state index is -0.151. The molecule has 0 saturated heterocycles. The second kappa shape index (κ2) is 5.96. The molecule has 0 spiro atoms. The van der Waals surface area contributed by atoms with E-state index in [0.717, 1.165) is 18.7 Å². The van der Waals surface area contributed by atoms with Crippen molar-refractivity contribution in [3.8, 4) is 5.75 Å². The van der Waals surface area contributed by atoms with Crippen LogP contribution in [0.2, 0.25) is 5.02 Å². The Balaban J connectivity index is 2.05. The predicted molar refractivity (Wildman–Crippen MR) is 73.6 cm³/mol. The number of halogens is 1. The minimum Gasteiger partial charge on any atom is -0.482 e. The maximum absolute atomic E-state index is 11.2. The molecule has 18 heavy (non-hydrogen) atoms. The SMILES string of the molecule is CCCCCNc1cc2c(cc1Cl)NC(=O)CO2. The summed E-state index contributed by atoms with van der Waals surface area (Å²) in [6, 6.07) is 3.55. The molecule has 0 unspecified atom stereocenters. The van der Waals surface area contributed by atoms with Crippen molar-refractivity contribution < 1.29 is 9.53 Å². The maximum Gasteiger partial charge on any atom is 0.262 e. The highest BCUT2D eigenvalue weighted by Gasteiger charge is 2.17. The van der Waals surface area contributed by atoms with Gasteiger partial charge in [-0.15, -0.1) is 0 Å². The first kappa shape index (κ1) is 13.0. The first-order chi connectivity index (χ1) is 8.70. The Hall–Kier alpha value is -1.42. The van der Waals surface area contributed by atoms with Crippen molar-refractivity contribution in [3.63, 3.8) is 0 Å². The molecule has 1 aromatic carbocycles. The fourth-order valence-electron chi connectivity index (χ4n) is 1.83. The molecule has 0 atom stereocenters. The summed E-state index contributed by atoms with van der Waals surface area (Å²) in [5.41, 5.74) is 1.48. The molecule has 0 aromatic heterocycles. The van der Waals surface area contributed by atoms with E-state index in [1.54, 1.807) is 6.07 Å². The zero-order valence-corrected chi connectivity index (χ0v) is 11.1. The van der Waals surface area contributed by atoms with E-state index >= 15 is 0 Å². The van der Waals surface area contributed by atoms with Gasteiger partial charge in [0.2, 0.25) is 0 Å². The van der Waals surface area contributed by atoms with Crippen molar-refractivity contribution >= 4 is 28.9 Å². The second-order valence-corrected chi connectivity index (χ2v) is 4.71. The molecule has 0 aliphatic carbocycles. The summed E-state index contributed by atoms with van der Waals surface area (Å²) >= 11 is 6.15. The van der Waals surface area contributed by atoms with Crippen molar-refractivity contribution in [2.24, 2.45) is 0 Å². The van der Waals surface area contributed by atoms with Gasteiger partial charge in [-0.05, 0) is 12.5 Å². The molecule has 2 rings (SSSR count). The molecule has 1 amide bonds. The third-order valence-electron chi connectivity index (χ3n) is 2.80. The van der Waals surface area contributed by atoms with Crippen LogP contribution in [0.5, 0.6) is 5.75 Å². The summed E-state index contributed by atoms with van der Waals surface area (Å²) in [4.78, 5) is 11.2. The second-order valence-electron chi connectivity index (χ2n) is 4.30. The Bertz CT molecular complexity index is 449. The molecule has 1 aromatic rings. The first-order valence-corrected chi connectivity index (χ1v) is 6.58. The third-order valence-corrected chi connectivity index (χ3v) is 3.11. The van der Waals surface area contributed by atoms with Crippen LogP contribution >= 0.6 is 11.6 Å². The van der Waals surface area contributed by atoms with E-state index in [0.29, 0.717) is 16.5 Å². The summed E-state index contributed by atoms with van der Waals surface area (Å²) < 4.78 is 5.35. The molecular formula is C13H17ClN2O2. The van der Waals surface area contributed by atoms with Crippen molar-refractivity contribution in [2.75, 3.05) is 23.8 Å².